The topological polar surface area (TPSA) is 45.6 Å². The summed E-state index contributed by atoms with van der Waals surface area (Å²) in [6.45, 7) is 1.63. The number of hydrogen-bond donors (Lipinski definition) is 1. The normalized spacial score (nSPS) is 15.3. The summed E-state index contributed by atoms with van der Waals surface area (Å²) in [6, 6.07) is 10.7. The highest BCUT2D eigenvalue weighted by Crippen LogP contribution is 2.36. The van der Waals surface area contributed by atoms with Crippen LogP contribution in [0, 0.1) is 0 Å². The Kier molecular flexibility index (Phi) is 5.22. The number of phenols is 1. The lowest BCUT2D eigenvalue weighted by Crippen LogP contribution is -2.38. The second kappa shape index (κ2) is 7.63. The van der Waals surface area contributed by atoms with E-state index >= 15 is 0 Å². The van der Waals surface area contributed by atoms with Gasteiger partial charge in [-0.15, -0.1) is 0 Å². The van der Waals surface area contributed by atoms with Crippen LogP contribution in [-0.2, 0) is 0 Å². The molecule has 0 amide bonds. The van der Waals surface area contributed by atoms with Crippen LogP contribution in [-0.4, -0.2) is 29.3 Å². The Hall–Kier alpha value is -1.88. The molecule has 1 aliphatic heterocycles. The first kappa shape index (κ1) is 18.5. The van der Waals surface area contributed by atoms with E-state index in [2.05, 4.69) is 9.88 Å². The highest BCUT2D eigenvalue weighted by Gasteiger charge is 2.23. The number of aromatic hydroxyl groups is 1. The second-order valence-electron chi connectivity index (χ2n) is 6.51. The van der Waals surface area contributed by atoms with Gasteiger partial charge in [0, 0.05) is 44.3 Å². The molecular formula is C20H17Cl3N2O2. The van der Waals surface area contributed by atoms with Crippen molar-refractivity contribution in [3.8, 4) is 11.5 Å². The molecule has 1 aromatic heterocycles. The third-order valence-electron chi connectivity index (χ3n) is 4.77. The van der Waals surface area contributed by atoms with Crippen LogP contribution in [0.5, 0.6) is 11.5 Å². The molecule has 1 fully saturated rings. The molecule has 4 nitrogen and oxygen atoms in total. The van der Waals surface area contributed by atoms with Crippen molar-refractivity contribution in [2.75, 3.05) is 18.0 Å². The molecule has 0 saturated carbocycles. The molecule has 0 spiro atoms. The van der Waals surface area contributed by atoms with Gasteiger partial charge in [-0.25, -0.2) is 0 Å². The molecular weight excluding hydrogens is 407 g/mol. The van der Waals surface area contributed by atoms with Crippen molar-refractivity contribution in [2.24, 2.45) is 0 Å². The third-order valence-corrected chi connectivity index (χ3v) is 5.96. The number of nitrogens with zero attached hydrogens (tertiary/aromatic N) is 2. The summed E-state index contributed by atoms with van der Waals surface area (Å²) in [7, 11) is 0. The lowest BCUT2D eigenvalue weighted by Gasteiger charge is -2.34. The number of fused-ring (bicyclic) bond motifs is 1. The van der Waals surface area contributed by atoms with E-state index in [1.54, 1.807) is 30.5 Å². The zero-order chi connectivity index (χ0) is 19.0. The number of hydrogen-bond acceptors (Lipinski definition) is 4. The van der Waals surface area contributed by atoms with Gasteiger partial charge in [-0.2, -0.15) is 0 Å². The lowest BCUT2D eigenvalue weighted by molar-refractivity contribution is 0.171. The highest BCUT2D eigenvalue weighted by atomic mass is 35.5. The minimum absolute atomic E-state index is 0.0660. The van der Waals surface area contributed by atoms with Crippen molar-refractivity contribution < 1.29 is 9.84 Å². The van der Waals surface area contributed by atoms with Crippen LogP contribution in [0.1, 0.15) is 12.8 Å². The van der Waals surface area contributed by atoms with E-state index in [0.29, 0.717) is 20.8 Å². The summed E-state index contributed by atoms with van der Waals surface area (Å²) >= 11 is 18.1. The van der Waals surface area contributed by atoms with Crippen molar-refractivity contribution in [3.05, 3.63) is 57.7 Å². The maximum Gasteiger partial charge on any atom is 0.127 e. The summed E-state index contributed by atoms with van der Waals surface area (Å²) in [6.07, 6.45) is 3.53. The number of piperidine rings is 1. The van der Waals surface area contributed by atoms with Gasteiger partial charge in [-0.05, 0) is 18.2 Å². The van der Waals surface area contributed by atoms with E-state index in [1.807, 2.05) is 12.1 Å². The summed E-state index contributed by atoms with van der Waals surface area (Å²) in [5.74, 6) is 0.874. The number of pyridine rings is 1. The standard InChI is InChI=1S/C20H17Cl3N2O2/c21-14-10-13(11-15(22)20(14)23)27-12-5-8-25(9-6-12)17-4-7-24-16-2-1-3-18(26)19(16)17/h1-4,7,10-12,26H,5-6,8-9H2. The maximum absolute atomic E-state index is 10.3. The average molecular weight is 424 g/mol. The Morgan fingerprint density at radius 3 is 2.44 bits per heavy atom. The molecule has 2 aromatic carbocycles. The zero-order valence-electron chi connectivity index (χ0n) is 14.3. The largest absolute Gasteiger partial charge is 0.507 e. The SMILES string of the molecule is Oc1cccc2nccc(N3CCC(Oc4cc(Cl)c(Cl)c(Cl)c4)CC3)c12. The Morgan fingerprint density at radius 1 is 1.04 bits per heavy atom. The number of ether oxygens (including phenoxy) is 1. The Bertz CT molecular complexity index is 960. The minimum Gasteiger partial charge on any atom is -0.507 e. The first-order valence-corrected chi connectivity index (χ1v) is 9.79. The van der Waals surface area contributed by atoms with Crippen LogP contribution in [0.15, 0.2) is 42.6 Å². The van der Waals surface area contributed by atoms with Crippen LogP contribution in [0.4, 0.5) is 5.69 Å². The van der Waals surface area contributed by atoms with Gasteiger partial charge >= 0.3 is 0 Å². The number of halogens is 3. The number of rotatable bonds is 3. The van der Waals surface area contributed by atoms with Crippen LogP contribution >= 0.6 is 34.8 Å². The van der Waals surface area contributed by atoms with E-state index in [4.69, 9.17) is 39.5 Å². The fourth-order valence-corrected chi connectivity index (χ4v) is 4.02. The number of aromatic nitrogens is 1. The molecule has 1 saturated heterocycles. The molecule has 4 rings (SSSR count). The summed E-state index contributed by atoms with van der Waals surface area (Å²) in [4.78, 5) is 6.60. The van der Waals surface area contributed by atoms with Crippen LogP contribution < -0.4 is 9.64 Å². The predicted molar refractivity (Wildman–Crippen MR) is 111 cm³/mol. The lowest BCUT2D eigenvalue weighted by atomic mass is 10.0. The van der Waals surface area contributed by atoms with Crippen LogP contribution in [0.2, 0.25) is 15.1 Å². The van der Waals surface area contributed by atoms with Crippen molar-refractivity contribution in [1.82, 2.24) is 4.98 Å². The van der Waals surface area contributed by atoms with Crippen molar-refractivity contribution in [2.45, 2.75) is 18.9 Å². The van der Waals surface area contributed by atoms with Crippen molar-refractivity contribution in [1.29, 1.82) is 0 Å². The van der Waals surface area contributed by atoms with E-state index < -0.39 is 0 Å². The molecule has 3 aromatic rings. The highest BCUT2D eigenvalue weighted by molar-refractivity contribution is 6.48. The van der Waals surface area contributed by atoms with Gasteiger partial charge in [0.25, 0.3) is 0 Å². The molecule has 0 atom stereocenters. The molecule has 0 aliphatic carbocycles. The third kappa shape index (κ3) is 3.75. The van der Waals surface area contributed by atoms with Gasteiger partial charge < -0.3 is 14.7 Å². The molecule has 7 heteroatoms. The summed E-state index contributed by atoms with van der Waals surface area (Å²) in [5.41, 5.74) is 1.78. The molecule has 2 heterocycles. The zero-order valence-corrected chi connectivity index (χ0v) is 16.6. The molecule has 27 heavy (non-hydrogen) atoms. The Labute approximate surface area is 172 Å². The molecule has 0 bridgehead atoms. The smallest absolute Gasteiger partial charge is 0.127 e. The van der Waals surface area contributed by atoms with Crippen LogP contribution in [0.3, 0.4) is 0 Å². The van der Waals surface area contributed by atoms with E-state index in [9.17, 15) is 5.11 Å². The first-order chi connectivity index (χ1) is 13.0. The van der Waals surface area contributed by atoms with E-state index in [0.717, 1.165) is 42.5 Å². The molecule has 0 unspecified atom stereocenters. The van der Waals surface area contributed by atoms with E-state index in [-0.39, 0.29) is 11.9 Å². The van der Waals surface area contributed by atoms with Crippen molar-refractivity contribution in [3.63, 3.8) is 0 Å². The fraction of sp³-hybridized carbons (Fsp3) is 0.250. The monoisotopic (exact) mass is 422 g/mol. The average Bonchev–Trinajstić information content (AvgIpc) is 2.66. The summed E-state index contributed by atoms with van der Waals surface area (Å²) in [5, 5.41) is 12.2. The van der Waals surface area contributed by atoms with Gasteiger partial charge in [0.2, 0.25) is 0 Å². The fourth-order valence-electron chi connectivity index (χ4n) is 3.44. The number of phenolic OH excluding ortho intramolecular Hbond substituents is 1. The quantitative estimate of drug-likeness (QED) is 0.529. The number of benzene rings is 2. The van der Waals surface area contributed by atoms with E-state index in [1.165, 1.54) is 0 Å². The van der Waals surface area contributed by atoms with Gasteiger partial charge in [-0.3, -0.25) is 4.98 Å². The molecule has 1 N–H and O–H groups in total. The predicted octanol–water partition coefficient (Wildman–Crippen LogP) is 5.95. The van der Waals surface area contributed by atoms with Crippen molar-refractivity contribution >= 4 is 51.4 Å². The summed E-state index contributed by atoms with van der Waals surface area (Å²) < 4.78 is 6.05. The van der Waals surface area contributed by atoms with Gasteiger partial charge in [0.05, 0.1) is 31.7 Å². The Balaban J connectivity index is 1.49. The Morgan fingerprint density at radius 2 is 1.74 bits per heavy atom. The van der Waals surface area contributed by atoms with Gasteiger partial charge in [0.15, 0.2) is 0 Å². The van der Waals surface area contributed by atoms with Crippen LogP contribution in [0.25, 0.3) is 10.9 Å². The molecule has 140 valence electrons. The maximum atomic E-state index is 10.3. The number of anilines is 1. The first-order valence-electron chi connectivity index (χ1n) is 8.66. The second-order valence-corrected chi connectivity index (χ2v) is 7.70. The molecule has 1 aliphatic rings. The van der Waals surface area contributed by atoms with Gasteiger partial charge in [-0.1, -0.05) is 40.9 Å². The minimum atomic E-state index is 0.0660. The molecule has 0 radical (unpaired) electrons. The van der Waals surface area contributed by atoms with Gasteiger partial charge in [0.1, 0.15) is 17.6 Å².